The molecule has 1 unspecified atom stereocenters. The summed E-state index contributed by atoms with van der Waals surface area (Å²) in [5.41, 5.74) is 2.11. The van der Waals surface area contributed by atoms with Crippen LogP contribution >= 0.6 is 23.1 Å². The van der Waals surface area contributed by atoms with Gasteiger partial charge in [0.2, 0.25) is 5.91 Å². The fourth-order valence-corrected chi connectivity index (χ4v) is 5.96. The van der Waals surface area contributed by atoms with Gasteiger partial charge < -0.3 is 15.0 Å². The minimum Gasteiger partial charge on any atom is -0.508 e. The van der Waals surface area contributed by atoms with Crippen LogP contribution in [0, 0.1) is 13.8 Å². The number of aryl methyl sites for hydroxylation is 2. The predicted molar refractivity (Wildman–Crippen MR) is 127 cm³/mol. The van der Waals surface area contributed by atoms with Crippen molar-refractivity contribution in [1.29, 1.82) is 0 Å². The molecule has 1 atom stereocenters. The van der Waals surface area contributed by atoms with E-state index in [0.717, 1.165) is 41.2 Å². The number of hydrogen-bond donors (Lipinski definition) is 2. The molecule has 0 spiro atoms. The van der Waals surface area contributed by atoms with Crippen LogP contribution in [0.1, 0.15) is 47.5 Å². The molecule has 1 saturated heterocycles. The van der Waals surface area contributed by atoms with Gasteiger partial charge in [0.15, 0.2) is 0 Å². The van der Waals surface area contributed by atoms with Crippen molar-refractivity contribution in [2.24, 2.45) is 0 Å². The van der Waals surface area contributed by atoms with Gasteiger partial charge in [-0.2, -0.15) is 0 Å². The second kappa shape index (κ2) is 9.04. The molecular weight excluding hydrogens is 430 g/mol. The number of thiophene rings is 1. The number of nitrogens with one attached hydrogen (secondary N) is 1. The van der Waals surface area contributed by atoms with Crippen LogP contribution in [-0.4, -0.2) is 44.2 Å². The summed E-state index contributed by atoms with van der Waals surface area (Å²) in [5, 5.41) is 9.95. The number of phenols is 1. The highest BCUT2D eigenvalue weighted by molar-refractivity contribution is 7.99. The first-order valence-corrected chi connectivity index (χ1v) is 12.4. The number of piperidine rings is 1. The molecule has 3 aromatic rings. The number of hydrogen-bond acceptors (Lipinski definition) is 6. The summed E-state index contributed by atoms with van der Waals surface area (Å²) in [6.07, 6.45) is 1.85. The second-order valence-corrected chi connectivity index (χ2v) is 10.7. The zero-order valence-corrected chi connectivity index (χ0v) is 19.6. The van der Waals surface area contributed by atoms with Crippen LogP contribution in [0.5, 0.6) is 5.75 Å². The average molecular weight is 458 g/mol. The Balaban J connectivity index is 1.33. The summed E-state index contributed by atoms with van der Waals surface area (Å²) in [7, 11) is 0. The van der Waals surface area contributed by atoms with Crippen LogP contribution in [0.2, 0.25) is 0 Å². The third-order valence-electron chi connectivity index (χ3n) is 6.08. The first kappa shape index (κ1) is 21.9. The number of aromatic nitrogens is 2. The maximum Gasteiger partial charge on any atom is 0.259 e. The molecule has 1 amide bonds. The highest BCUT2D eigenvalue weighted by Gasteiger charge is 2.27. The van der Waals surface area contributed by atoms with E-state index in [2.05, 4.69) is 9.97 Å². The maximum atomic E-state index is 12.9. The number of rotatable bonds is 5. The Morgan fingerprint density at radius 3 is 2.65 bits per heavy atom. The summed E-state index contributed by atoms with van der Waals surface area (Å²) in [5.74, 6) is 1.96. The molecule has 1 aromatic carbocycles. The smallest absolute Gasteiger partial charge is 0.259 e. The minimum atomic E-state index is -0.196. The van der Waals surface area contributed by atoms with Crippen molar-refractivity contribution >= 4 is 39.2 Å². The van der Waals surface area contributed by atoms with Crippen molar-refractivity contribution in [1.82, 2.24) is 14.9 Å². The fraction of sp³-hybridized carbons (Fsp3) is 0.435. The Kier molecular flexibility index (Phi) is 6.39. The van der Waals surface area contributed by atoms with E-state index in [1.54, 1.807) is 23.5 Å². The molecule has 2 N–H and O–H groups in total. The molecule has 0 bridgehead atoms. The number of benzene rings is 1. The number of phenolic OH excluding ortho intramolecular Hbond substituents is 1. The molecule has 4 rings (SSSR count). The van der Waals surface area contributed by atoms with Gasteiger partial charge in [0.1, 0.15) is 16.4 Å². The van der Waals surface area contributed by atoms with Gasteiger partial charge in [-0.15, -0.1) is 23.1 Å². The van der Waals surface area contributed by atoms with Crippen molar-refractivity contribution in [2.75, 3.05) is 13.1 Å². The molecule has 164 valence electrons. The predicted octanol–water partition coefficient (Wildman–Crippen LogP) is 4.33. The van der Waals surface area contributed by atoms with Crippen LogP contribution in [0.4, 0.5) is 0 Å². The number of aromatic hydroxyl groups is 1. The number of thioether (sulfide) groups is 1. The molecule has 0 aliphatic carbocycles. The third-order valence-corrected chi connectivity index (χ3v) is 8.32. The fourth-order valence-electron chi connectivity index (χ4n) is 4.08. The lowest BCUT2D eigenvalue weighted by Gasteiger charge is -2.33. The van der Waals surface area contributed by atoms with E-state index in [0.29, 0.717) is 22.9 Å². The first-order valence-electron chi connectivity index (χ1n) is 10.5. The van der Waals surface area contributed by atoms with Crippen molar-refractivity contribution in [3.05, 3.63) is 56.4 Å². The van der Waals surface area contributed by atoms with E-state index in [4.69, 9.17) is 0 Å². The molecule has 3 heterocycles. The Morgan fingerprint density at radius 2 is 1.97 bits per heavy atom. The van der Waals surface area contributed by atoms with Crippen LogP contribution < -0.4 is 5.56 Å². The van der Waals surface area contributed by atoms with Crippen molar-refractivity contribution in [3.8, 4) is 5.75 Å². The topological polar surface area (TPSA) is 86.3 Å². The van der Waals surface area contributed by atoms with Gasteiger partial charge in [-0.3, -0.25) is 9.59 Å². The molecule has 6 nitrogen and oxygen atoms in total. The summed E-state index contributed by atoms with van der Waals surface area (Å²) in [4.78, 5) is 36.7. The number of amides is 1. The number of likely N-dealkylation sites (tertiary alicyclic amines) is 1. The molecule has 31 heavy (non-hydrogen) atoms. The largest absolute Gasteiger partial charge is 0.508 e. The Morgan fingerprint density at radius 1 is 1.29 bits per heavy atom. The van der Waals surface area contributed by atoms with Gasteiger partial charge in [0.05, 0.1) is 16.4 Å². The van der Waals surface area contributed by atoms with Gasteiger partial charge in [0.25, 0.3) is 5.56 Å². The average Bonchev–Trinajstić information content (AvgIpc) is 3.06. The van der Waals surface area contributed by atoms with Crippen molar-refractivity contribution in [3.63, 3.8) is 0 Å². The SMILES string of the molecule is Cc1sc2nc(CSC(C)C(=O)N3CCC(c4ccc(O)cc4)CC3)[nH]c(=O)c2c1C. The third kappa shape index (κ3) is 4.65. The number of aromatic amines is 1. The van der Waals surface area contributed by atoms with Gasteiger partial charge in [-0.1, -0.05) is 12.1 Å². The zero-order valence-electron chi connectivity index (χ0n) is 18.0. The summed E-state index contributed by atoms with van der Waals surface area (Å²) in [6, 6.07) is 7.38. The summed E-state index contributed by atoms with van der Waals surface area (Å²) >= 11 is 3.05. The lowest BCUT2D eigenvalue weighted by Crippen LogP contribution is -2.41. The van der Waals surface area contributed by atoms with Gasteiger partial charge in [-0.05, 0) is 62.8 Å². The quantitative estimate of drug-likeness (QED) is 0.595. The monoisotopic (exact) mass is 457 g/mol. The lowest BCUT2D eigenvalue weighted by atomic mass is 9.89. The molecule has 0 radical (unpaired) electrons. The van der Waals surface area contributed by atoms with Crippen LogP contribution in [0.3, 0.4) is 0 Å². The molecule has 1 aliphatic rings. The standard InChI is InChI=1S/C23H27N3O3S2/c1-13-14(2)31-22-20(13)21(28)24-19(25-22)12-30-15(3)23(29)26-10-8-17(9-11-26)16-4-6-18(27)7-5-16/h4-7,15,17,27H,8-12H2,1-3H3,(H,24,25,28). The van der Waals surface area contributed by atoms with Crippen molar-refractivity contribution in [2.45, 2.75) is 50.5 Å². The number of carbonyl (C=O) groups excluding carboxylic acids is 1. The van der Waals surface area contributed by atoms with E-state index in [1.807, 2.05) is 37.8 Å². The van der Waals surface area contributed by atoms with E-state index in [1.165, 1.54) is 17.3 Å². The Labute approximate surface area is 189 Å². The number of nitrogens with zero attached hydrogens (tertiary/aromatic N) is 2. The zero-order chi connectivity index (χ0) is 22.1. The molecule has 2 aromatic heterocycles. The van der Waals surface area contributed by atoms with E-state index >= 15 is 0 Å². The van der Waals surface area contributed by atoms with E-state index in [-0.39, 0.29) is 22.5 Å². The highest BCUT2D eigenvalue weighted by atomic mass is 32.2. The van der Waals surface area contributed by atoms with Crippen LogP contribution in [0.25, 0.3) is 10.2 Å². The van der Waals surface area contributed by atoms with E-state index < -0.39 is 0 Å². The highest BCUT2D eigenvalue weighted by Crippen LogP contribution is 2.30. The molecule has 8 heteroatoms. The van der Waals surface area contributed by atoms with Crippen LogP contribution in [-0.2, 0) is 10.5 Å². The van der Waals surface area contributed by atoms with Gasteiger partial charge in [0, 0.05) is 18.0 Å². The molecular formula is C23H27N3O3S2. The molecule has 1 aliphatic heterocycles. The Hall–Kier alpha value is -2.32. The minimum absolute atomic E-state index is 0.0993. The van der Waals surface area contributed by atoms with Crippen molar-refractivity contribution < 1.29 is 9.90 Å². The van der Waals surface area contributed by atoms with Crippen LogP contribution in [0.15, 0.2) is 29.1 Å². The Bertz CT molecular complexity index is 1150. The normalized spacial score (nSPS) is 16.0. The lowest BCUT2D eigenvalue weighted by molar-refractivity contribution is -0.131. The van der Waals surface area contributed by atoms with Gasteiger partial charge in [-0.25, -0.2) is 4.98 Å². The first-order chi connectivity index (χ1) is 14.8. The number of fused-ring (bicyclic) bond motifs is 1. The number of H-pyrrole nitrogens is 1. The summed E-state index contributed by atoms with van der Waals surface area (Å²) in [6.45, 7) is 7.36. The molecule has 1 fully saturated rings. The second-order valence-electron chi connectivity index (χ2n) is 8.12. The molecule has 0 saturated carbocycles. The number of carbonyl (C=O) groups is 1. The van der Waals surface area contributed by atoms with Gasteiger partial charge >= 0.3 is 0 Å². The maximum absolute atomic E-state index is 12.9. The summed E-state index contributed by atoms with van der Waals surface area (Å²) < 4.78 is 0. The van der Waals surface area contributed by atoms with E-state index in [9.17, 15) is 14.7 Å².